The molecule has 0 rings (SSSR count). The first-order valence-electron chi connectivity index (χ1n) is 5.30. The molecule has 5 heteroatoms. The van der Waals surface area contributed by atoms with E-state index in [4.69, 9.17) is 16.8 Å². The molecule has 0 aromatic carbocycles. The quantitative estimate of drug-likeness (QED) is 0.337. The largest absolute Gasteiger partial charge is 0.481 e. The maximum absolute atomic E-state index is 10.6. The smallest absolute Gasteiger partial charge is 0.333 e. The van der Waals surface area contributed by atoms with E-state index in [2.05, 4.69) is 17.2 Å². The highest BCUT2D eigenvalue weighted by atomic mass is 16.5. The molecular formula is C13H17NO4. The molecular weight excluding hydrogens is 234 g/mol. The number of hydrogen-bond donors (Lipinski definition) is 1. The fraction of sp³-hybridized carbons (Fsp3) is 0.462. The number of nitrogens with zero attached hydrogens (tertiary/aromatic N) is 1. The Bertz CT molecular complexity index is 360. The van der Waals surface area contributed by atoms with Gasteiger partial charge in [-0.25, -0.2) is 4.79 Å². The number of esters is 1. The maximum atomic E-state index is 10.6. The van der Waals surface area contributed by atoms with Gasteiger partial charge >= 0.3 is 11.9 Å². The summed E-state index contributed by atoms with van der Waals surface area (Å²) in [6, 6.07) is 1.86. The molecule has 98 valence electrons. The van der Waals surface area contributed by atoms with Crippen molar-refractivity contribution in [2.24, 2.45) is 0 Å². The van der Waals surface area contributed by atoms with E-state index in [1.165, 1.54) is 0 Å². The van der Waals surface area contributed by atoms with Crippen molar-refractivity contribution in [1.29, 1.82) is 5.26 Å². The summed E-state index contributed by atoms with van der Waals surface area (Å²) >= 11 is 0. The zero-order valence-electron chi connectivity index (χ0n) is 10.4. The molecule has 0 bridgehead atoms. The molecule has 5 nitrogen and oxygen atoms in total. The number of nitriles is 1. The van der Waals surface area contributed by atoms with Gasteiger partial charge in [-0.3, -0.25) is 4.79 Å². The fourth-order valence-electron chi connectivity index (χ4n) is 0.654. The van der Waals surface area contributed by atoms with Crippen molar-refractivity contribution >= 4 is 11.9 Å². The number of hydrogen-bond acceptors (Lipinski definition) is 4. The molecule has 0 radical (unpaired) electrons. The lowest BCUT2D eigenvalue weighted by Crippen LogP contribution is -2.05. The molecule has 0 aliphatic carbocycles. The van der Waals surface area contributed by atoms with Crippen LogP contribution in [0.15, 0.2) is 12.2 Å². The molecule has 0 fully saturated rings. The van der Waals surface area contributed by atoms with Gasteiger partial charge < -0.3 is 9.84 Å². The number of rotatable bonds is 6. The van der Waals surface area contributed by atoms with Gasteiger partial charge in [0.1, 0.15) is 6.61 Å². The lowest BCUT2D eigenvalue weighted by molar-refractivity contribution is -0.139. The Balaban J connectivity index is 0. The zero-order chi connectivity index (χ0) is 14.4. The predicted molar refractivity (Wildman–Crippen MR) is 66.3 cm³/mol. The molecule has 0 aliphatic rings. The Kier molecular flexibility index (Phi) is 12.9. The van der Waals surface area contributed by atoms with Crippen LogP contribution in [0.3, 0.4) is 0 Å². The van der Waals surface area contributed by atoms with Crippen LogP contribution in [0.5, 0.6) is 0 Å². The van der Waals surface area contributed by atoms with Gasteiger partial charge in [0.15, 0.2) is 0 Å². The van der Waals surface area contributed by atoms with E-state index >= 15 is 0 Å². The standard InChI is InChI=1S/C7H9NO2.C6H8O2/c1-6(2)7(9)10-5-3-4-8;1-2-3-4-5-6(7)8/h1,3,5H2,2H3;1H,3-5H2,(H,7,8). The molecule has 0 atom stereocenters. The highest BCUT2D eigenvalue weighted by Crippen LogP contribution is 1.92. The third-order valence-corrected chi connectivity index (χ3v) is 1.51. The van der Waals surface area contributed by atoms with Crippen molar-refractivity contribution in [3.8, 4) is 18.4 Å². The average Bonchev–Trinajstić information content (AvgIpc) is 2.30. The van der Waals surface area contributed by atoms with E-state index in [0.29, 0.717) is 18.4 Å². The molecule has 0 heterocycles. The number of aliphatic carboxylic acids is 1. The van der Waals surface area contributed by atoms with Crippen LogP contribution in [0, 0.1) is 23.7 Å². The Morgan fingerprint density at radius 3 is 2.44 bits per heavy atom. The predicted octanol–water partition coefficient (Wildman–Crippen LogP) is 1.89. The molecule has 0 amide bonds. The van der Waals surface area contributed by atoms with Crippen LogP contribution in [0.1, 0.15) is 32.6 Å². The lowest BCUT2D eigenvalue weighted by Gasteiger charge is -1.98. The summed E-state index contributed by atoms with van der Waals surface area (Å²) < 4.78 is 4.58. The maximum Gasteiger partial charge on any atom is 0.333 e. The Hall–Kier alpha value is -2.27. The highest BCUT2D eigenvalue weighted by Gasteiger charge is 2.00. The first-order chi connectivity index (χ1) is 8.45. The average molecular weight is 251 g/mol. The van der Waals surface area contributed by atoms with Gasteiger partial charge in [0.25, 0.3) is 0 Å². The fourth-order valence-corrected chi connectivity index (χ4v) is 0.654. The molecule has 18 heavy (non-hydrogen) atoms. The minimum Gasteiger partial charge on any atom is -0.481 e. The monoisotopic (exact) mass is 251 g/mol. The van der Waals surface area contributed by atoms with Gasteiger partial charge in [-0.1, -0.05) is 6.58 Å². The topological polar surface area (TPSA) is 87.4 Å². The number of unbranched alkanes of at least 4 members (excludes halogenated alkanes) is 1. The minimum absolute atomic E-state index is 0.155. The van der Waals surface area contributed by atoms with Crippen LogP contribution < -0.4 is 0 Å². The zero-order valence-corrected chi connectivity index (χ0v) is 10.4. The molecule has 0 saturated carbocycles. The first kappa shape index (κ1) is 18.1. The summed E-state index contributed by atoms with van der Waals surface area (Å²) in [4.78, 5) is 20.4. The second kappa shape index (κ2) is 12.8. The number of carbonyl (C=O) groups excluding carboxylic acids is 1. The van der Waals surface area contributed by atoms with Gasteiger partial charge in [-0.05, 0) is 13.3 Å². The number of carboxylic acids is 1. The van der Waals surface area contributed by atoms with Crippen molar-refractivity contribution in [3.63, 3.8) is 0 Å². The van der Waals surface area contributed by atoms with E-state index in [0.717, 1.165) is 0 Å². The number of carbonyl (C=O) groups is 2. The van der Waals surface area contributed by atoms with Crippen LogP contribution in [0.25, 0.3) is 0 Å². The number of ether oxygens (including phenoxy) is 1. The van der Waals surface area contributed by atoms with Crippen molar-refractivity contribution in [2.75, 3.05) is 6.61 Å². The summed E-state index contributed by atoms with van der Waals surface area (Å²) in [5.74, 6) is 1.15. The van der Waals surface area contributed by atoms with E-state index in [1.54, 1.807) is 6.92 Å². The summed E-state index contributed by atoms with van der Waals surface area (Å²) in [7, 11) is 0. The van der Waals surface area contributed by atoms with Gasteiger partial charge in [0.2, 0.25) is 0 Å². The van der Waals surface area contributed by atoms with Crippen LogP contribution in [-0.4, -0.2) is 23.7 Å². The van der Waals surface area contributed by atoms with Gasteiger partial charge in [-0.2, -0.15) is 5.26 Å². The molecule has 0 aromatic rings. The molecule has 0 aliphatic heterocycles. The highest BCUT2D eigenvalue weighted by molar-refractivity contribution is 5.86. The Labute approximate surface area is 107 Å². The lowest BCUT2D eigenvalue weighted by atomic mass is 10.2. The van der Waals surface area contributed by atoms with Crippen LogP contribution >= 0.6 is 0 Å². The van der Waals surface area contributed by atoms with Crippen LogP contribution in [0.2, 0.25) is 0 Å². The van der Waals surface area contributed by atoms with Crippen molar-refractivity contribution < 1.29 is 19.4 Å². The molecule has 0 unspecified atom stereocenters. The van der Waals surface area contributed by atoms with E-state index in [9.17, 15) is 9.59 Å². The third-order valence-electron chi connectivity index (χ3n) is 1.51. The number of terminal acetylenes is 1. The minimum atomic E-state index is -0.778. The molecule has 1 N–H and O–H groups in total. The van der Waals surface area contributed by atoms with Gasteiger partial charge in [0.05, 0.1) is 12.5 Å². The summed E-state index contributed by atoms with van der Waals surface area (Å²) in [6.07, 6.45) is 6.44. The Morgan fingerprint density at radius 2 is 2.06 bits per heavy atom. The normalized spacial score (nSPS) is 7.94. The second-order valence-electron chi connectivity index (χ2n) is 3.28. The number of carboxylic acid groups (broad SMARTS) is 1. The van der Waals surface area contributed by atoms with E-state index in [-0.39, 0.29) is 19.4 Å². The van der Waals surface area contributed by atoms with E-state index in [1.807, 2.05) is 6.07 Å². The Morgan fingerprint density at radius 1 is 1.44 bits per heavy atom. The SMILES string of the molecule is C#CCCCC(=O)O.C=C(C)C(=O)OCCC#N. The van der Waals surface area contributed by atoms with Gasteiger partial charge in [0, 0.05) is 18.4 Å². The summed E-state index contributed by atoms with van der Waals surface area (Å²) in [6.45, 7) is 5.10. The molecule has 0 aromatic heterocycles. The second-order valence-corrected chi connectivity index (χ2v) is 3.28. The van der Waals surface area contributed by atoms with E-state index < -0.39 is 11.9 Å². The van der Waals surface area contributed by atoms with Crippen LogP contribution in [-0.2, 0) is 14.3 Å². The molecule has 0 spiro atoms. The van der Waals surface area contributed by atoms with Crippen molar-refractivity contribution in [2.45, 2.75) is 32.6 Å². The third kappa shape index (κ3) is 16.2. The van der Waals surface area contributed by atoms with Crippen molar-refractivity contribution in [3.05, 3.63) is 12.2 Å². The summed E-state index contributed by atoms with van der Waals surface area (Å²) in [5.41, 5.74) is 0.359. The van der Waals surface area contributed by atoms with Crippen LogP contribution in [0.4, 0.5) is 0 Å². The molecule has 0 saturated heterocycles. The summed E-state index contributed by atoms with van der Waals surface area (Å²) in [5, 5.41) is 16.1. The van der Waals surface area contributed by atoms with Crippen molar-refractivity contribution in [1.82, 2.24) is 0 Å². The van der Waals surface area contributed by atoms with Gasteiger partial charge in [-0.15, -0.1) is 12.3 Å². The first-order valence-corrected chi connectivity index (χ1v) is 5.30.